The Hall–Kier alpha value is -1.86. The quantitative estimate of drug-likeness (QED) is 0.851. The van der Waals surface area contributed by atoms with E-state index >= 15 is 0 Å². The van der Waals surface area contributed by atoms with Crippen molar-refractivity contribution in [3.8, 4) is 6.07 Å². The Bertz CT molecular complexity index is 488. The smallest absolute Gasteiger partial charge is 0.224 e. The highest BCUT2D eigenvalue weighted by atomic mass is 16.1. The molecule has 1 N–H and O–H groups in total. The third-order valence-electron chi connectivity index (χ3n) is 3.41. The maximum Gasteiger partial charge on any atom is 0.224 e. The fraction of sp³-hybridized carbons (Fsp3) is 0.467. The molecule has 19 heavy (non-hydrogen) atoms. The van der Waals surface area contributed by atoms with Gasteiger partial charge in [0.2, 0.25) is 5.91 Å². The van der Waals surface area contributed by atoms with E-state index in [0.717, 1.165) is 19.0 Å². The van der Waals surface area contributed by atoms with Gasteiger partial charge in [-0.2, -0.15) is 5.26 Å². The summed E-state index contributed by atoms with van der Waals surface area (Å²) < 4.78 is 0. The molecule has 100 valence electrons. The van der Waals surface area contributed by atoms with E-state index in [9.17, 15) is 4.79 Å². The van der Waals surface area contributed by atoms with Crippen LogP contribution < -0.4 is 5.32 Å². The van der Waals surface area contributed by atoms with Crippen LogP contribution in [0.4, 0.5) is 5.69 Å². The summed E-state index contributed by atoms with van der Waals surface area (Å²) in [4.78, 5) is 14.1. The maximum atomic E-state index is 11.8. The van der Waals surface area contributed by atoms with Gasteiger partial charge < -0.3 is 10.2 Å². The van der Waals surface area contributed by atoms with Crippen LogP contribution in [0.15, 0.2) is 24.3 Å². The number of amides is 1. The summed E-state index contributed by atoms with van der Waals surface area (Å²) in [5, 5.41) is 11.7. The predicted molar refractivity (Wildman–Crippen MR) is 74.7 cm³/mol. The molecule has 0 radical (unpaired) electrons. The monoisotopic (exact) mass is 257 g/mol. The third-order valence-corrected chi connectivity index (χ3v) is 3.41. The van der Waals surface area contributed by atoms with E-state index in [4.69, 9.17) is 5.26 Å². The highest BCUT2D eigenvalue weighted by Crippen LogP contribution is 2.25. The molecular formula is C15H19N3O. The van der Waals surface area contributed by atoms with E-state index in [1.165, 1.54) is 12.8 Å². The van der Waals surface area contributed by atoms with Gasteiger partial charge in [-0.25, -0.2) is 0 Å². The number of nitriles is 1. The average Bonchev–Trinajstić information content (AvgIpc) is 3.23. The molecule has 0 aromatic heterocycles. The van der Waals surface area contributed by atoms with Gasteiger partial charge in [0.25, 0.3) is 0 Å². The molecule has 1 fully saturated rings. The summed E-state index contributed by atoms with van der Waals surface area (Å²) in [6, 6.07) is 9.88. The van der Waals surface area contributed by atoms with Crippen molar-refractivity contribution in [1.29, 1.82) is 5.26 Å². The predicted octanol–water partition coefficient (Wildman–Crippen LogP) is 2.37. The van der Waals surface area contributed by atoms with Crippen LogP contribution in [0.1, 0.15) is 31.2 Å². The zero-order valence-electron chi connectivity index (χ0n) is 11.2. The fourth-order valence-electron chi connectivity index (χ4n) is 2.09. The maximum absolute atomic E-state index is 11.8. The molecule has 1 aromatic carbocycles. The molecule has 0 atom stereocenters. The highest BCUT2D eigenvalue weighted by Gasteiger charge is 2.25. The lowest BCUT2D eigenvalue weighted by Gasteiger charge is -2.15. The summed E-state index contributed by atoms with van der Waals surface area (Å²) in [5.41, 5.74) is 1.11. The fourth-order valence-corrected chi connectivity index (χ4v) is 2.09. The number of hydrogen-bond acceptors (Lipinski definition) is 3. The topological polar surface area (TPSA) is 56.1 Å². The summed E-state index contributed by atoms with van der Waals surface area (Å²) in [6.07, 6.45) is 3.93. The standard InChI is InChI=1S/C15H19N3O/c1-18(13-8-9-13)10-4-7-15(19)17-14-6-3-2-5-12(14)11-16/h2-3,5-6,13H,4,7-10H2,1H3,(H,17,19). The molecule has 0 spiro atoms. The van der Waals surface area contributed by atoms with Crippen molar-refractivity contribution in [2.24, 2.45) is 0 Å². The number of benzene rings is 1. The molecular weight excluding hydrogens is 238 g/mol. The van der Waals surface area contributed by atoms with E-state index in [1.807, 2.05) is 6.07 Å². The Labute approximate surface area is 114 Å². The van der Waals surface area contributed by atoms with E-state index in [1.54, 1.807) is 18.2 Å². The van der Waals surface area contributed by atoms with Crippen LogP contribution >= 0.6 is 0 Å². The van der Waals surface area contributed by atoms with Gasteiger partial charge in [0.1, 0.15) is 6.07 Å². The van der Waals surface area contributed by atoms with Crippen molar-refractivity contribution in [2.45, 2.75) is 31.7 Å². The van der Waals surface area contributed by atoms with Crippen molar-refractivity contribution in [2.75, 3.05) is 18.9 Å². The first-order valence-corrected chi connectivity index (χ1v) is 6.70. The number of nitrogens with zero attached hydrogens (tertiary/aromatic N) is 2. The van der Waals surface area contributed by atoms with E-state index < -0.39 is 0 Å². The van der Waals surface area contributed by atoms with Gasteiger partial charge in [-0.1, -0.05) is 12.1 Å². The lowest BCUT2D eigenvalue weighted by molar-refractivity contribution is -0.116. The average molecular weight is 257 g/mol. The second-order valence-electron chi connectivity index (χ2n) is 5.02. The number of carbonyl (C=O) groups excluding carboxylic acids is 1. The zero-order chi connectivity index (χ0) is 13.7. The second-order valence-corrected chi connectivity index (χ2v) is 5.02. The minimum atomic E-state index is -0.0214. The number of rotatable bonds is 6. The van der Waals surface area contributed by atoms with Gasteiger partial charge in [-0.3, -0.25) is 4.79 Å². The molecule has 0 aliphatic heterocycles. The second kappa shape index (κ2) is 6.35. The van der Waals surface area contributed by atoms with Crippen LogP contribution in [0.3, 0.4) is 0 Å². The molecule has 1 aliphatic rings. The number of para-hydroxylation sites is 1. The first-order valence-electron chi connectivity index (χ1n) is 6.70. The van der Waals surface area contributed by atoms with Gasteiger partial charge in [0, 0.05) is 12.5 Å². The zero-order valence-corrected chi connectivity index (χ0v) is 11.2. The van der Waals surface area contributed by atoms with Gasteiger partial charge in [0.15, 0.2) is 0 Å². The summed E-state index contributed by atoms with van der Waals surface area (Å²) in [5.74, 6) is -0.0214. The Morgan fingerprint density at radius 1 is 1.47 bits per heavy atom. The Morgan fingerprint density at radius 2 is 2.21 bits per heavy atom. The Balaban J connectivity index is 1.76. The number of nitrogens with one attached hydrogen (secondary N) is 1. The number of carbonyl (C=O) groups is 1. The Kier molecular flexibility index (Phi) is 4.53. The molecule has 0 heterocycles. The molecule has 1 aromatic rings. The van der Waals surface area contributed by atoms with Gasteiger partial charge in [-0.05, 0) is 45.0 Å². The first-order chi connectivity index (χ1) is 9.20. The summed E-state index contributed by atoms with van der Waals surface area (Å²) >= 11 is 0. The normalized spacial score (nSPS) is 14.2. The van der Waals surface area contributed by atoms with Crippen molar-refractivity contribution >= 4 is 11.6 Å². The number of hydrogen-bond donors (Lipinski definition) is 1. The van der Waals surface area contributed by atoms with Crippen molar-refractivity contribution in [3.05, 3.63) is 29.8 Å². The molecule has 1 aliphatic carbocycles. The van der Waals surface area contributed by atoms with E-state index in [0.29, 0.717) is 17.7 Å². The first kappa shape index (κ1) is 13.6. The lowest BCUT2D eigenvalue weighted by atomic mass is 10.2. The summed E-state index contributed by atoms with van der Waals surface area (Å²) in [6.45, 7) is 0.956. The third kappa shape index (κ3) is 4.08. The van der Waals surface area contributed by atoms with E-state index in [2.05, 4.69) is 23.3 Å². The largest absolute Gasteiger partial charge is 0.325 e. The minimum absolute atomic E-state index is 0.0214. The van der Waals surface area contributed by atoms with Crippen LogP contribution in [0.2, 0.25) is 0 Å². The lowest BCUT2D eigenvalue weighted by Crippen LogP contribution is -2.23. The van der Waals surface area contributed by atoms with Crippen molar-refractivity contribution in [3.63, 3.8) is 0 Å². The molecule has 0 unspecified atom stereocenters. The van der Waals surface area contributed by atoms with Crippen LogP contribution in [-0.2, 0) is 4.79 Å². The molecule has 4 nitrogen and oxygen atoms in total. The molecule has 1 saturated carbocycles. The number of anilines is 1. The van der Waals surface area contributed by atoms with Gasteiger partial charge >= 0.3 is 0 Å². The van der Waals surface area contributed by atoms with Crippen LogP contribution in [-0.4, -0.2) is 30.4 Å². The van der Waals surface area contributed by atoms with Crippen LogP contribution in [0.25, 0.3) is 0 Å². The van der Waals surface area contributed by atoms with Crippen molar-refractivity contribution < 1.29 is 4.79 Å². The molecule has 0 bridgehead atoms. The van der Waals surface area contributed by atoms with Crippen LogP contribution in [0.5, 0.6) is 0 Å². The van der Waals surface area contributed by atoms with Gasteiger partial charge in [0.05, 0.1) is 11.3 Å². The minimum Gasteiger partial charge on any atom is -0.325 e. The van der Waals surface area contributed by atoms with Crippen molar-refractivity contribution in [1.82, 2.24) is 4.90 Å². The molecule has 4 heteroatoms. The molecule has 1 amide bonds. The summed E-state index contributed by atoms with van der Waals surface area (Å²) in [7, 11) is 2.11. The van der Waals surface area contributed by atoms with Gasteiger partial charge in [-0.15, -0.1) is 0 Å². The SMILES string of the molecule is CN(CCCC(=O)Nc1ccccc1C#N)C1CC1. The molecule has 2 rings (SSSR count). The highest BCUT2D eigenvalue weighted by molar-refractivity contribution is 5.92. The molecule has 0 saturated heterocycles. The Morgan fingerprint density at radius 3 is 2.89 bits per heavy atom. The van der Waals surface area contributed by atoms with E-state index in [-0.39, 0.29) is 5.91 Å². The van der Waals surface area contributed by atoms with Crippen LogP contribution in [0, 0.1) is 11.3 Å².